The van der Waals surface area contributed by atoms with Crippen LogP contribution in [0.15, 0.2) is 18.3 Å². The smallest absolute Gasteiger partial charge is 0.319 e. The van der Waals surface area contributed by atoms with Crippen LogP contribution in [0.2, 0.25) is 0 Å². The predicted octanol–water partition coefficient (Wildman–Crippen LogP) is 1.82. The van der Waals surface area contributed by atoms with Gasteiger partial charge in [0.2, 0.25) is 0 Å². The second-order valence-corrected chi connectivity index (χ2v) is 4.16. The number of nitrogens with zero attached hydrogens (tertiary/aromatic N) is 2. The maximum Gasteiger partial charge on any atom is 0.319 e. The number of hydrogen-bond donors (Lipinski definition) is 2. The molecule has 5 heteroatoms. The van der Waals surface area contributed by atoms with Crippen LogP contribution in [0.4, 0.5) is 16.3 Å². The normalized spacial score (nSPS) is 15.5. The molecular formula is C12H18N4O. The van der Waals surface area contributed by atoms with Crippen molar-refractivity contribution in [3.8, 4) is 0 Å². The molecule has 2 rings (SSSR count). The lowest BCUT2D eigenvalue weighted by molar-refractivity contribution is 0.254. The van der Waals surface area contributed by atoms with E-state index in [9.17, 15) is 4.79 Å². The number of carbonyl (C=O) groups excluding carboxylic acids is 1. The molecule has 0 bridgehead atoms. The molecule has 0 aromatic carbocycles. The molecular weight excluding hydrogens is 216 g/mol. The van der Waals surface area contributed by atoms with Crippen molar-refractivity contribution in [1.82, 2.24) is 10.3 Å². The van der Waals surface area contributed by atoms with E-state index >= 15 is 0 Å². The largest absolute Gasteiger partial charge is 0.357 e. The number of anilines is 2. The maximum atomic E-state index is 11.1. The van der Waals surface area contributed by atoms with E-state index in [0.29, 0.717) is 5.69 Å². The fourth-order valence-corrected chi connectivity index (χ4v) is 1.96. The van der Waals surface area contributed by atoms with Crippen molar-refractivity contribution < 1.29 is 4.79 Å². The van der Waals surface area contributed by atoms with Crippen LogP contribution in [-0.2, 0) is 0 Å². The van der Waals surface area contributed by atoms with E-state index in [4.69, 9.17) is 0 Å². The summed E-state index contributed by atoms with van der Waals surface area (Å²) in [5.41, 5.74) is 0.713. The Balaban J connectivity index is 1.99. The van der Waals surface area contributed by atoms with Gasteiger partial charge in [-0.3, -0.25) is 0 Å². The number of piperidine rings is 1. The van der Waals surface area contributed by atoms with E-state index in [0.717, 1.165) is 18.9 Å². The van der Waals surface area contributed by atoms with E-state index < -0.39 is 0 Å². The molecule has 1 fully saturated rings. The highest BCUT2D eigenvalue weighted by Crippen LogP contribution is 2.18. The SMILES string of the molecule is CNC(=O)Nc1ccc(N2CCCCC2)nc1. The first-order valence-electron chi connectivity index (χ1n) is 5.99. The first-order chi connectivity index (χ1) is 8.29. The molecule has 1 aliphatic heterocycles. The Bertz CT molecular complexity index is 371. The number of carbonyl (C=O) groups is 1. The van der Waals surface area contributed by atoms with Gasteiger partial charge in [-0.2, -0.15) is 0 Å². The van der Waals surface area contributed by atoms with Gasteiger partial charge in [0, 0.05) is 20.1 Å². The van der Waals surface area contributed by atoms with Crippen LogP contribution >= 0.6 is 0 Å². The minimum Gasteiger partial charge on any atom is -0.357 e. The molecule has 0 atom stereocenters. The van der Waals surface area contributed by atoms with Crippen LogP contribution in [-0.4, -0.2) is 31.2 Å². The summed E-state index contributed by atoms with van der Waals surface area (Å²) in [6.45, 7) is 2.16. The van der Waals surface area contributed by atoms with E-state index in [2.05, 4.69) is 20.5 Å². The van der Waals surface area contributed by atoms with Gasteiger partial charge in [-0.05, 0) is 31.4 Å². The van der Waals surface area contributed by atoms with Gasteiger partial charge in [-0.1, -0.05) is 0 Å². The maximum absolute atomic E-state index is 11.1. The van der Waals surface area contributed by atoms with Gasteiger partial charge in [0.1, 0.15) is 5.82 Å². The molecule has 2 heterocycles. The van der Waals surface area contributed by atoms with Crippen molar-refractivity contribution in [3.05, 3.63) is 18.3 Å². The molecule has 0 saturated carbocycles. The zero-order valence-corrected chi connectivity index (χ0v) is 10.1. The van der Waals surface area contributed by atoms with E-state index in [1.165, 1.54) is 19.3 Å². The second-order valence-electron chi connectivity index (χ2n) is 4.16. The summed E-state index contributed by atoms with van der Waals surface area (Å²) in [5.74, 6) is 0.993. The van der Waals surface area contributed by atoms with E-state index in [1.54, 1.807) is 13.2 Å². The standard InChI is InChI=1S/C12H18N4O/c1-13-12(17)15-10-5-6-11(14-9-10)16-7-3-2-4-8-16/h5-6,9H,2-4,7-8H2,1H3,(H2,13,15,17). The monoisotopic (exact) mass is 234 g/mol. The Morgan fingerprint density at radius 1 is 1.29 bits per heavy atom. The van der Waals surface area contributed by atoms with Gasteiger partial charge in [0.05, 0.1) is 11.9 Å². The molecule has 17 heavy (non-hydrogen) atoms. The summed E-state index contributed by atoms with van der Waals surface area (Å²) in [6, 6.07) is 3.61. The fraction of sp³-hybridized carbons (Fsp3) is 0.500. The molecule has 0 aliphatic carbocycles. The Kier molecular flexibility index (Phi) is 3.80. The average molecular weight is 234 g/mol. The van der Waals surface area contributed by atoms with Crippen molar-refractivity contribution >= 4 is 17.5 Å². The molecule has 0 radical (unpaired) electrons. The summed E-state index contributed by atoms with van der Waals surface area (Å²) < 4.78 is 0. The Labute approximate surface area is 101 Å². The van der Waals surface area contributed by atoms with Gasteiger partial charge in [0.25, 0.3) is 0 Å². The highest BCUT2D eigenvalue weighted by molar-refractivity contribution is 5.88. The number of pyridine rings is 1. The van der Waals surface area contributed by atoms with Crippen LogP contribution in [0.5, 0.6) is 0 Å². The first kappa shape index (κ1) is 11.7. The van der Waals surface area contributed by atoms with Crippen molar-refractivity contribution in [2.24, 2.45) is 0 Å². The van der Waals surface area contributed by atoms with Crippen LogP contribution in [0.3, 0.4) is 0 Å². The van der Waals surface area contributed by atoms with Gasteiger partial charge in [0.15, 0.2) is 0 Å². The topological polar surface area (TPSA) is 57.3 Å². The highest BCUT2D eigenvalue weighted by atomic mass is 16.2. The molecule has 2 amide bonds. The second kappa shape index (κ2) is 5.52. The van der Waals surface area contributed by atoms with Crippen molar-refractivity contribution in [2.45, 2.75) is 19.3 Å². The molecule has 5 nitrogen and oxygen atoms in total. The lowest BCUT2D eigenvalue weighted by Crippen LogP contribution is -2.30. The first-order valence-corrected chi connectivity index (χ1v) is 5.99. The highest BCUT2D eigenvalue weighted by Gasteiger charge is 2.11. The van der Waals surface area contributed by atoms with E-state index in [-0.39, 0.29) is 6.03 Å². The molecule has 1 aliphatic rings. The quantitative estimate of drug-likeness (QED) is 0.820. The summed E-state index contributed by atoms with van der Waals surface area (Å²) in [7, 11) is 1.59. The van der Waals surface area contributed by atoms with Crippen LogP contribution in [0, 0.1) is 0 Å². The predicted molar refractivity (Wildman–Crippen MR) is 68.4 cm³/mol. The van der Waals surface area contributed by atoms with Crippen LogP contribution < -0.4 is 15.5 Å². The Hall–Kier alpha value is -1.78. The third-order valence-corrected chi connectivity index (χ3v) is 2.91. The summed E-state index contributed by atoms with van der Waals surface area (Å²) in [4.78, 5) is 17.8. The number of amides is 2. The zero-order chi connectivity index (χ0) is 12.1. The zero-order valence-electron chi connectivity index (χ0n) is 10.1. The molecule has 0 spiro atoms. The van der Waals surface area contributed by atoms with E-state index in [1.807, 2.05) is 12.1 Å². The van der Waals surface area contributed by atoms with Crippen molar-refractivity contribution in [1.29, 1.82) is 0 Å². The molecule has 1 aromatic rings. The number of urea groups is 1. The molecule has 0 unspecified atom stereocenters. The summed E-state index contributed by atoms with van der Waals surface area (Å²) in [6.07, 6.45) is 5.48. The third-order valence-electron chi connectivity index (χ3n) is 2.91. The molecule has 1 saturated heterocycles. The number of rotatable bonds is 2. The lowest BCUT2D eigenvalue weighted by Gasteiger charge is -2.27. The lowest BCUT2D eigenvalue weighted by atomic mass is 10.1. The number of nitrogens with one attached hydrogen (secondary N) is 2. The number of aromatic nitrogens is 1. The minimum atomic E-state index is -0.225. The molecule has 2 N–H and O–H groups in total. The van der Waals surface area contributed by atoms with Gasteiger partial charge < -0.3 is 15.5 Å². The third kappa shape index (κ3) is 3.09. The van der Waals surface area contributed by atoms with Crippen LogP contribution in [0.1, 0.15) is 19.3 Å². The minimum absolute atomic E-state index is 0.225. The van der Waals surface area contributed by atoms with Gasteiger partial charge in [-0.15, -0.1) is 0 Å². The summed E-state index contributed by atoms with van der Waals surface area (Å²) >= 11 is 0. The van der Waals surface area contributed by atoms with Gasteiger partial charge >= 0.3 is 6.03 Å². The molecule has 92 valence electrons. The average Bonchev–Trinajstić information content (AvgIpc) is 2.40. The fourth-order valence-electron chi connectivity index (χ4n) is 1.96. The molecule has 1 aromatic heterocycles. The van der Waals surface area contributed by atoms with Crippen molar-refractivity contribution in [2.75, 3.05) is 30.4 Å². The Morgan fingerprint density at radius 2 is 2.06 bits per heavy atom. The van der Waals surface area contributed by atoms with Gasteiger partial charge in [-0.25, -0.2) is 9.78 Å². The van der Waals surface area contributed by atoms with Crippen LogP contribution in [0.25, 0.3) is 0 Å². The number of hydrogen-bond acceptors (Lipinski definition) is 3. The van der Waals surface area contributed by atoms with Crippen molar-refractivity contribution in [3.63, 3.8) is 0 Å². The Morgan fingerprint density at radius 3 is 2.65 bits per heavy atom. The summed E-state index contributed by atoms with van der Waals surface area (Å²) in [5, 5.41) is 5.19.